The number of imidazole rings is 1. The van der Waals surface area contributed by atoms with Gasteiger partial charge in [0.2, 0.25) is 5.95 Å². The average molecular weight is 985 g/mol. The molecule has 0 radical (unpaired) electrons. The fourth-order valence-electron chi connectivity index (χ4n) is 12.0. The van der Waals surface area contributed by atoms with Gasteiger partial charge in [0, 0.05) is 105 Å². The van der Waals surface area contributed by atoms with Crippen LogP contribution in [0, 0.1) is 23.5 Å². The molecule has 5 aliphatic rings. The molecule has 3 aliphatic heterocycles. The number of halogens is 3. The van der Waals surface area contributed by atoms with Crippen LogP contribution in [0.3, 0.4) is 0 Å². The Morgan fingerprint density at radius 2 is 1.56 bits per heavy atom. The molecule has 12 heteroatoms. The Kier molecular flexibility index (Phi) is 16.6. The highest BCUT2D eigenvalue weighted by atomic mass is 35.5. The number of piperidine rings is 1. The number of hydrogen-bond donors (Lipinski definition) is 3. The molecule has 1 aromatic heterocycles. The maximum absolute atomic E-state index is 15.6. The molecule has 4 heterocycles. The van der Waals surface area contributed by atoms with Gasteiger partial charge in [-0.25, -0.2) is 13.8 Å². The zero-order valence-corrected chi connectivity index (χ0v) is 43.4. The van der Waals surface area contributed by atoms with Crippen molar-refractivity contribution in [1.29, 1.82) is 0 Å². The first-order valence-electron chi connectivity index (χ1n) is 26.0. The zero-order chi connectivity index (χ0) is 50.5. The van der Waals surface area contributed by atoms with Crippen LogP contribution >= 0.6 is 11.6 Å². The van der Waals surface area contributed by atoms with Crippen molar-refractivity contribution in [3.63, 3.8) is 0 Å². The van der Waals surface area contributed by atoms with Gasteiger partial charge in [-0.15, -0.1) is 0 Å². The second kappa shape index (κ2) is 22.9. The van der Waals surface area contributed by atoms with Crippen LogP contribution in [0.2, 0.25) is 5.02 Å². The molecule has 0 spiro atoms. The van der Waals surface area contributed by atoms with Gasteiger partial charge in [-0.3, -0.25) is 4.90 Å². The van der Waals surface area contributed by atoms with Crippen molar-refractivity contribution in [3.8, 4) is 11.1 Å². The van der Waals surface area contributed by atoms with Crippen LogP contribution in [-0.4, -0.2) is 78.8 Å². The van der Waals surface area contributed by atoms with E-state index in [1.54, 1.807) is 12.1 Å². The van der Waals surface area contributed by atoms with Gasteiger partial charge in [0.1, 0.15) is 17.5 Å². The lowest BCUT2D eigenvalue weighted by molar-refractivity contribution is 0.148. The number of nitrogens with one attached hydrogen (secondary N) is 1. The SMILES string of the molecule is C=C(N)c1ccc(CC)c(F)c1-c1c(Cl)c(F)cc2c1[C@H](C)C(c1ccccc1)C2.C=C1CCN(c2ccc3nc(N4CCN(CC5CCN(C(=C)C6CCCCC6)CC5)CC4)n(C)c3c2)C(=C)N1.CN. The highest BCUT2D eigenvalue weighted by Crippen LogP contribution is 2.52. The van der Waals surface area contributed by atoms with Crippen molar-refractivity contribution in [1.82, 2.24) is 24.7 Å². The molecule has 4 fully saturated rings. The third-order valence-corrected chi connectivity index (χ3v) is 16.3. The van der Waals surface area contributed by atoms with Crippen LogP contribution in [0.4, 0.5) is 20.4 Å². The molecule has 0 bridgehead atoms. The molecule has 0 amide bonds. The Balaban J connectivity index is 0.000000190. The van der Waals surface area contributed by atoms with Gasteiger partial charge < -0.3 is 36.1 Å². The van der Waals surface area contributed by atoms with Gasteiger partial charge in [-0.1, -0.05) is 113 Å². The van der Waals surface area contributed by atoms with E-state index < -0.39 is 11.6 Å². The highest BCUT2D eigenvalue weighted by molar-refractivity contribution is 6.34. The minimum absolute atomic E-state index is 0.0408. The number of benzene rings is 4. The summed E-state index contributed by atoms with van der Waals surface area (Å²) in [6.45, 7) is 29.4. The molecular formula is C59H76ClF2N9. The lowest BCUT2D eigenvalue weighted by atomic mass is 9.84. The van der Waals surface area contributed by atoms with E-state index in [-0.39, 0.29) is 28.1 Å². The van der Waals surface area contributed by atoms with E-state index in [1.165, 1.54) is 94.5 Å². The van der Waals surface area contributed by atoms with Gasteiger partial charge in [0.25, 0.3) is 0 Å². The highest BCUT2D eigenvalue weighted by Gasteiger charge is 2.37. The Labute approximate surface area is 426 Å². The largest absolute Gasteiger partial charge is 0.399 e. The monoisotopic (exact) mass is 984 g/mol. The van der Waals surface area contributed by atoms with Crippen molar-refractivity contribution in [3.05, 3.63) is 155 Å². The number of aryl methyl sites for hydroxylation is 2. The predicted octanol–water partition coefficient (Wildman–Crippen LogP) is 12.1. The van der Waals surface area contributed by atoms with Crippen LogP contribution < -0.4 is 26.6 Å². The van der Waals surface area contributed by atoms with E-state index in [9.17, 15) is 4.39 Å². The number of nitrogens with zero attached hydrogens (tertiary/aromatic N) is 6. The lowest BCUT2D eigenvalue weighted by Crippen LogP contribution is -2.49. The number of piperazine rings is 1. The smallest absolute Gasteiger partial charge is 0.206 e. The molecule has 4 aromatic carbocycles. The van der Waals surface area contributed by atoms with Gasteiger partial charge in [-0.2, -0.15) is 0 Å². The average Bonchev–Trinajstić information content (AvgIpc) is 3.90. The molecule has 10 rings (SSSR count). The van der Waals surface area contributed by atoms with Crippen LogP contribution in [-0.2, 0) is 19.9 Å². The number of aromatic nitrogens is 2. The third-order valence-electron chi connectivity index (χ3n) is 16.0. The zero-order valence-electron chi connectivity index (χ0n) is 42.7. The normalized spacial score (nSPS) is 20.0. The number of nitrogens with two attached hydrogens (primary N) is 2. The molecular weight excluding hydrogens is 908 g/mol. The summed E-state index contributed by atoms with van der Waals surface area (Å²) >= 11 is 6.50. The van der Waals surface area contributed by atoms with Gasteiger partial charge in [-0.05, 0) is 116 Å². The van der Waals surface area contributed by atoms with Crippen LogP contribution in [0.1, 0.15) is 105 Å². The molecule has 1 unspecified atom stereocenters. The van der Waals surface area contributed by atoms with E-state index in [4.69, 9.17) is 22.3 Å². The second-order valence-corrected chi connectivity index (χ2v) is 20.6. The van der Waals surface area contributed by atoms with Gasteiger partial charge in [0.15, 0.2) is 0 Å². The van der Waals surface area contributed by atoms with Gasteiger partial charge in [0.05, 0.1) is 16.1 Å². The van der Waals surface area contributed by atoms with Crippen LogP contribution in [0.5, 0.6) is 0 Å². The minimum atomic E-state index is -0.541. The molecule has 2 aliphatic carbocycles. The fourth-order valence-corrected chi connectivity index (χ4v) is 12.2. The standard InChI is InChI=1S/C32H47N7.C26H24ClF2N.CH5N/c1-24-12-17-39(26(3)33-24)29-10-11-30-31(22-29)35(4)32(34-30)38-20-18-36(19-21-38)23-27-13-15-37(16-14-27)25(2)28-8-6-5-7-9-28;1-4-16-10-11-19(15(3)30)23(26(16)29)24-22-14(2)20(17-8-6-5-7-9-17)12-18(22)13-21(28)25(24)27;1-2/h10-11,22,27-28,33H,1-3,5-9,12-21,23H2,4H3;5-11,13-14,20H,3-4,12,30H2,1-2H3;2H2,1H3/t;14-,20?;/m.1./s1. The Morgan fingerprint density at radius 1 is 0.859 bits per heavy atom. The summed E-state index contributed by atoms with van der Waals surface area (Å²) in [5.41, 5.74) is 21.2. The van der Waals surface area contributed by atoms with Crippen molar-refractivity contribution in [2.45, 2.75) is 89.9 Å². The Bertz CT molecular complexity index is 2730. The summed E-state index contributed by atoms with van der Waals surface area (Å²) in [6, 6.07) is 21.6. The first-order valence-corrected chi connectivity index (χ1v) is 26.4. The van der Waals surface area contributed by atoms with E-state index in [0.717, 1.165) is 90.8 Å². The third kappa shape index (κ3) is 10.9. The van der Waals surface area contributed by atoms with Crippen LogP contribution in [0.15, 0.2) is 110 Å². The summed E-state index contributed by atoms with van der Waals surface area (Å²) in [4.78, 5) is 15.1. The number of allylic oxidation sites excluding steroid dienone is 1. The number of fused-ring (bicyclic) bond motifs is 2. The topological polar surface area (TPSA) is 94.8 Å². The predicted molar refractivity (Wildman–Crippen MR) is 294 cm³/mol. The maximum atomic E-state index is 15.6. The molecule has 71 heavy (non-hydrogen) atoms. The summed E-state index contributed by atoms with van der Waals surface area (Å²) in [6.07, 6.45) is 11.7. The van der Waals surface area contributed by atoms with E-state index >= 15 is 4.39 Å². The maximum Gasteiger partial charge on any atom is 0.206 e. The number of hydrogen-bond acceptors (Lipinski definition) is 8. The first-order chi connectivity index (χ1) is 34.3. The molecule has 9 nitrogen and oxygen atoms in total. The molecule has 3 saturated heterocycles. The molecule has 5 N–H and O–H groups in total. The quantitative estimate of drug-likeness (QED) is 0.127. The number of anilines is 2. The Hall–Kier alpha value is -5.62. The summed E-state index contributed by atoms with van der Waals surface area (Å²) in [7, 11) is 3.65. The second-order valence-electron chi connectivity index (χ2n) is 20.2. The number of rotatable bonds is 10. The fraction of sp³-hybridized carbons (Fsp3) is 0.441. The Morgan fingerprint density at radius 3 is 2.23 bits per heavy atom. The van der Waals surface area contributed by atoms with Crippen molar-refractivity contribution >= 4 is 40.0 Å². The van der Waals surface area contributed by atoms with Gasteiger partial charge >= 0.3 is 0 Å². The summed E-state index contributed by atoms with van der Waals surface area (Å²) in [5.74, 6) is 2.80. The molecule has 5 aromatic rings. The number of likely N-dealkylation sites (tertiary alicyclic amines) is 1. The van der Waals surface area contributed by atoms with E-state index in [0.29, 0.717) is 29.5 Å². The van der Waals surface area contributed by atoms with Crippen molar-refractivity contribution < 1.29 is 8.78 Å². The molecule has 2 atom stereocenters. The van der Waals surface area contributed by atoms with Crippen LogP contribution in [0.25, 0.3) is 27.9 Å². The summed E-state index contributed by atoms with van der Waals surface area (Å²) < 4.78 is 32.8. The lowest BCUT2D eigenvalue weighted by Gasteiger charge is -2.41. The molecule has 378 valence electrons. The first kappa shape index (κ1) is 51.7. The van der Waals surface area contributed by atoms with E-state index in [2.05, 4.69) is 106 Å². The van der Waals surface area contributed by atoms with Crippen molar-refractivity contribution in [2.24, 2.45) is 30.4 Å². The summed E-state index contributed by atoms with van der Waals surface area (Å²) in [5, 5.41) is 3.23. The van der Waals surface area contributed by atoms with E-state index in [1.807, 2.05) is 25.1 Å². The van der Waals surface area contributed by atoms with Crippen molar-refractivity contribution in [2.75, 3.05) is 69.2 Å². The minimum Gasteiger partial charge on any atom is -0.399 e. The molecule has 1 saturated carbocycles.